The maximum Gasteiger partial charge on any atom is 0.250 e. The van der Waals surface area contributed by atoms with Crippen LogP contribution in [0, 0.1) is 0 Å². The fourth-order valence-corrected chi connectivity index (χ4v) is 2.83. The number of nitrogens with zero attached hydrogens (tertiary/aromatic N) is 4. The zero-order chi connectivity index (χ0) is 20.4. The predicted octanol–water partition coefficient (Wildman–Crippen LogP) is 6.20. The molecule has 0 spiro atoms. The SMILES string of the molecule is ClC(Cl)(Cl)c1ccc(-c2nc(NCc3ccncc3)nc(C(Cl)(Cl)Cl)n2)cc1. The molecule has 1 N–H and O–H groups in total. The van der Waals surface area contributed by atoms with Gasteiger partial charge in [-0.15, -0.1) is 0 Å². The number of nitrogens with one attached hydrogen (secondary N) is 1. The van der Waals surface area contributed by atoms with E-state index in [9.17, 15) is 0 Å². The van der Waals surface area contributed by atoms with Crippen LogP contribution in [0.5, 0.6) is 0 Å². The zero-order valence-electron chi connectivity index (χ0n) is 13.9. The van der Waals surface area contributed by atoms with Crippen molar-refractivity contribution in [2.75, 3.05) is 5.32 Å². The second-order valence-corrected chi connectivity index (χ2v) is 10.2. The molecule has 0 saturated carbocycles. The van der Waals surface area contributed by atoms with Gasteiger partial charge >= 0.3 is 0 Å². The van der Waals surface area contributed by atoms with E-state index in [-0.39, 0.29) is 11.8 Å². The number of pyridine rings is 1. The lowest BCUT2D eigenvalue weighted by Gasteiger charge is -2.14. The summed E-state index contributed by atoms with van der Waals surface area (Å²) in [4.78, 5) is 16.8. The lowest BCUT2D eigenvalue weighted by molar-refractivity contribution is 0.913. The molecular formula is C17H11Cl6N5. The van der Waals surface area contributed by atoms with E-state index in [2.05, 4.69) is 25.3 Å². The van der Waals surface area contributed by atoms with Crippen LogP contribution in [0.1, 0.15) is 17.0 Å². The summed E-state index contributed by atoms with van der Waals surface area (Å²) in [5.74, 6) is 0.559. The highest BCUT2D eigenvalue weighted by Gasteiger charge is 2.29. The van der Waals surface area contributed by atoms with E-state index in [0.29, 0.717) is 23.5 Å². The van der Waals surface area contributed by atoms with Crippen LogP contribution >= 0.6 is 69.6 Å². The van der Waals surface area contributed by atoms with Gasteiger partial charge in [-0.1, -0.05) is 93.9 Å². The Morgan fingerprint density at radius 1 is 0.750 bits per heavy atom. The third kappa shape index (κ3) is 5.72. The van der Waals surface area contributed by atoms with Gasteiger partial charge in [-0.2, -0.15) is 9.97 Å². The number of benzene rings is 1. The molecule has 0 saturated heterocycles. The quantitative estimate of drug-likeness (QED) is 0.435. The third-order valence-corrected chi connectivity index (χ3v) is 4.72. The van der Waals surface area contributed by atoms with Gasteiger partial charge in [0.2, 0.25) is 13.5 Å². The minimum absolute atomic E-state index is 0.00909. The number of hydrogen-bond donors (Lipinski definition) is 1. The standard InChI is InChI=1S/C17H11Cl6N5/c18-16(19,20)12-3-1-11(2-4-12)13-26-14(17(21,22)23)28-15(27-13)25-9-10-5-7-24-8-6-10/h1-8H,9H2,(H,25,26,27,28). The van der Waals surface area contributed by atoms with Crippen LogP contribution in [-0.4, -0.2) is 19.9 Å². The highest BCUT2D eigenvalue weighted by atomic mass is 35.6. The highest BCUT2D eigenvalue weighted by molar-refractivity contribution is 6.67. The van der Waals surface area contributed by atoms with Crippen LogP contribution in [0.15, 0.2) is 48.8 Å². The molecule has 0 amide bonds. The molecule has 0 bridgehead atoms. The Bertz CT molecular complexity index is 939. The summed E-state index contributed by atoms with van der Waals surface area (Å²) in [7, 11) is 0. The van der Waals surface area contributed by atoms with Gasteiger partial charge in [0, 0.05) is 30.1 Å². The summed E-state index contributed by atoms with van der Waals surface area (Å²) in [5.41, 5.74) is 2.13. The third-order valence-electron chi connectivity index (χ3n) is 3.56. The summed E-state index contributed by atoms with van der Waals surface area (Å²) in [6, 6.07) is 10.5. The molecule has 0 unspecified atom stereocenters. The first-order valence-corrected chi connectivity index (χ1v) is 10.0. The monoisotopic (exact) mass is 495 g/mol. The molecule has 5 nitrogen and oxygen atoms in total. The van der Waals surface area contributed by atoms with Gasteiger partial charge in [0.1, 0.15) is 0 Å². The first-order chi connectivity index (χ1) is 13.1. The first kappa shape index (κ1) is 21.6. The molecular weight excluding hydrogens is 487 g/mol. The van der Waals surface area contributed by atoms with Crippen LogP contribution in [-0.2, 0) is 14.1 Å². The Kier molecular flexibility index (Phi) is 6.75. The average molecular weight is 498 g/mol. The molecule has 28 heavy (non-hydrogen) atoms. The first-order valence-electron chi connectivity index (χ1n) is 7.76. The van der Waals surface area contributed by atoms with E-state index < -0.39 is 7.59 Å². The number of aromatic nitrogens is 4. The van der Waals surface area contributed by atoms with Gasteiger partial charge in [-0.3, -0.25) is 4.98 Å². The van der Waals surface area contributed by atoms with Crippen molar-refractivity contribution in [3.05, 3.63) is 65.7 Å². The van der Waals surface area contributed by atoms with E-state index >= 15 is 0 Å². The van der Waals surface area contributed by atoms with E-state index in [1.54, 1.807) is 36.7 Å². The van der Waals surface area contributed by atoms with E-state index in [4.69, 9.17) is 69.6 Å². The summed E-state index contributed by atoms with van der Waals surface area (Å²) in [6.07, 6.45) is 3.38. The summed E-state index contributed by atoms with van der Waals surface area (Å²) in [6.45, 7) is 0.456. The van der Waals surface area contributed by atoms with Crippen molar-refractivity contribution >= 4 is 75.6 Å². The molecule has 0 aliphatic rings. The normalized spacial score (nSPS) is 12.1. The highest BCUT2D eigenvalue weighted by Crippen LogP contribution is 2.39. The van der Waals surface area contributed by atoms with E-state index in [0.717, 1.165) is 5.56 Å². The minimum atomic E-state index is -1.82. The van der Waals surface area contributed by atoms with Crippen molar-refractivity contribution in [1.29, 1.82) is 0 Å². The molecule has 3 rings (SSSR count). The van der Waals surface area contributed by atoms with Crippen molar-refractivity contribution in [2.45, 2.75) is 14.1 Å². The molecule has 11 heteroatoms. The van der Waals surface area contributed by atoms with Crippen molar-refractivity contribution in [1.82, 2.24) is 19.9 Å². The van der Waals surface area contributed by atoms with Crippen LogP contribution < -0.4 is 5.32 Å². The smallest absolute Gasteiger partial charge is 0.250 e. The number of hydrogen-bond acceptors (Lipinski definition) is 5. The van der Waals surface area contributed by atoms with Crippen LogP contribution in [0.3, 0.4) is 0 Å². The molecule has 1 aromatic carbocycles. The van der Waals surface area contributed by atoms with Crippen molar-refractivity contribution in [3.8, 4) is 11.4 Å². The van der Waals surface area contributed by atoms with Crippen molar-refractivity contribution < 1.29 is 0 Å². The van der Waals surface area contributed by atoms with Gasteiger partial charge in [-0.05, 0) is 17.7 Å². The summed E-state index contributed by atoms with van der Waals surface area (Å²) < 4.78 is -3.35. The lowest BCUT2D eigenvalue weighted by atomic mass is 10.1. The number of anilines is 1. The molecule has 146 valence electrons. The Hall–Kier alpha value is -1.08. The fourth-order valence-electron chi connectivity index (χ4n) is 2.20. The molecule has 0 aliphatic carbocycles. The van der Waals surface area contributed by atoms with E-state index in [1.807, 2.05) is 12.1 Å². The summed E-state index contributed by atoms with van der Waals surface area (Å²) in [5, 5.41) is 3.09. The number of rotatable bonds is 4. The maximum atomic E-state index is 5.98. The van der Waals surface area contributed by atoms with E-state index in [1.165, 1.54) is 0 Å². The molecule has 0 atom stereocenters. The lowest BCUT2D eigenvalue weighted by Crippen LogP contribution is -2.13. The maximum absolute atomic E-state index is 5.98. The van der Waals surface area contributed by atoms with Gasteiger partial charge in [0.15, 0.2) is 11.6 Å². The molecule has 0 aliphatic heterocycles. The van der Waals surface area contributed by atoms with Crippen LogP contribution in [0.2, 0.25) is 0 Å². The Balaban J connectivity index is 1.94. The molecule has 2 aromatic heterocycles. The largest absolute Gasteiger partial charge is 0.350 e. The Labute approximate surface area is 191 Å². The summed E-state index contributed by atoms with van der Waals surface area (Å²) >= 11 is 35.6. The second-order valence-electron chi connectivity index (χ2n) is 5.59. The minimum Gasteiger partial charge on any atom is -0.350 e. The zero-order valence-corrected chi connectivity index (χ0v) is 18.4. The van der Waals surface area contributed by atoms with Gasteiger partial charge in [0.25, 0.3) is 0 Å². The fraction of sp³-hybridized carbons (Fsp3) is 0.176. The topological polar surface area (TPSA) is 63.6 Å². The number of alkyl halides is 6. The molecule has 0 radical (unpaired) electrons. The second kappa shape index (κ2) is 8.74. The van der Waals surface area contributed by atoms with Gasteiger partial charge < -0.3 is 5.32 Å². The number of halogens is 6. The van der Waals surface area contributed by atoms with Crippen LogP contribution in [0.4, 0.5) is 5.95 Å². The Morgan fingerprint density at radius 3 is 1.96 bits per heavy atom. The molecule has 0 fully saturated rings. The Morgan fingerprint density at radius 2 is 1.39 bits per heavy atom. The average Bonchev–Trinajstić information content (AvgIpc) is 2.66. The van der Waals surface area contributed by atoms with Gasteiger partial charge in [0.05, 0.1) is 0 Å². The predicted molar refractivity (Wildman–Crippen MR) is 115 cm³/mol. The van der Waals surface area contributed by atoms with Gasteiger partial charge in [-0.25, -0.2) is 4.98 Å². The van der Waals surface area contributed by atoms with Crippen molar-refractivity contribution in [2.24, 2.45) is 0 Å². The molecule has 2 heterocycles. The molecule has 3 aromatic rings. The van der Waals surface area contributed by atoms with Crippen molar-refractivity contribution in [3.63, 3.8) is 0 Å². The van der Waals surface area contributed by atoms with Crippen LogP contribution in [0.25, 0.3) is 11.4 Å².